The fourth-order valence-electron chi connectivity index (χ4n) is 1.27. The highest BCUT2D eigenvalue weighted by molar-refractivity contribution is 14.1. The first kappa shape index (κ1) is 10.7. The van der Waals surface area contributed by atoms with E-state index < -0.39 is 0 Å². The molecule has 0 atom stereocenters. The summed E-state index contributed by atoms with van der Waals surface area (Å²) in [5.41, 5.74) is 3.19. The highest BCUT2D eigenvalue weighted by Gasteiger charge is 2.06. The van der Waals surface area contributed by atoms with E-state index in [1.165, 1.54) is 5.56 Å². The molecule has 13 heavy (non-hydrogen) atoms. The monoisotopic (exact) mass is 288 g/mol. The van der Waals surface area contributed by atoms with Crippen LogP contribution in [0.5, 0.6) is 0 Å². The Morgan fingerprint density at radius 1 is 1.38 bits per heavy atom. The quantitative estimate of drug-likeness (QED) is 0.599. The van der Waals surface area contributed by atoms with Gasteiger partial charge in [-0.15, -0.1) is 0 Å². The van der Waals surface area contributed by atoms with Gasteiger partial charge in [-0.05, 0) is 24.0 Å². The Hall–Kier alpha value is -0.380. The predicted octanol–water partition coefficient (Wildman–Crippen LogP) is 3.69. The zero-order chi connectivity index (χ0) is 10.0. The van der Waals surface area contributed by atoms with Gasteiger partial charge < -0.3 is 0 Å². The Kier molecular flexibility index (Phi) is 3.47. The molecule has 0 bridgehead atoms. The molecule has 0 N–H and O–H groups in total. The summed E-state index contributed by atoms with van der Waals surface area (Å²) in [6.07, 6.45) is 0. The number of aryl methyl sites for hydroxylation is 1. The molecule has 1 aromatic carbocycles. The maximum absolute atomic E-state index is 11.1. The van der Waals surface area contributed by atoms with Gasteiger partial charge in [0.25, 0.3) is 0 Å². The average molecular weight is 288 g/mol. The Bertz CT molecular complexity index is 329. The van der Waals surface area contributed by atoms with Crippen LogP contribution in [0.2, 0.25) is 0 Å². The molecule has 0 radical (unpaired) electrons. The lowest BCUT2D eigenvalue weighted by Crippen LogP contribution is -1.95. The zero-order valence-corrected chi connectivity index (χ0v) is 10.3. The highest BCUT2D eigenvalue weighted by Crippen LogP contribution is 2.19. The van der Waals surface area contributed by atoms with Gasteiger partial charge in [-0.3, -0.25) is 4.79 Å². The van der Waals surface area contributed by atoms with E-state index in [1.54, 1.807) is 0 Å². The lowest BCUT2D eigenvalue weighted by Gasteiger charge is -2.08. The number of halogens is 1. The van der Waals surface area contributed by atoms with Gasteiger partial charge >= 0.3 is 0 Å². The second-order valence-electron chi connectivity index (χ2n) is 3.50. The van der Waals surface area contributed by atoms with Crippen LogP contribution in [-0.2, 0) is 0 Å². The molecule has 0 aliphatic heterocycles. The molecule has 1 nitrogen and oxygen atoms in total. The largest absolute Gasteiger partial charge is 0.282 e. The van der Waals surface area contributed by atoms with Gasteiger partial charge in [0.05, 0.1) is 0 Å². The molecule has 70 valence electrons. The van der Waals surface area contributed by atoms with Crippen LogP contribution >= 0.6 is 22.6 Å². The minimum absolute atomic E-state index is 0.116. The van der Waals surface area contributed by atoms with Gasteiger partial charge in [-0.2, -0.15) is 0 Å². The Balaban J connectivity index is 3.13. The van der Waals surface area contributed by atoms with Crippen molar-refractivity contribution in [2.45, 2.75) is 26.7 Å². The summed E-state index contributed by atoms with van der Waals surface area (Å²) in [6.45, 7) is 6.29. The highest BCUT2D eigenvalue weighted by atomic mass is 127. The van der Waals surface area contributed by atoms with Gasteiger partial charge in [-0.1, -0.05) is 32.0 Å². The smallest absolute Gasteiger partial charge is 0.222 e. The molecule has 0 heterocycles. The van der Waals surface area contributed by atoms with Gasteiger partial charge in [0, 0.05) is 28.2 Å². The normalized spacial score (nSPS) is 10.5. The molecular weight excluding hydrogens is 275 g/mol. The van der Waals surface area contributed by atoms with E-state index in [2.05, 4.69) is 19.9 Å². The van der Waals surface area contributed by atoms with Crippen molar-refractivity contribution in [2.24, 2.45) is 0 Å². The molecule has 0 saturated heterocycles. The summed E-state index contributed by atoms with van der Waals surface area (Å²) in [5, 5.41) is 0. The lowest BCUT2D eigenvalue weighted by atomic mass is 9.98. The predicted molar refractivity (Wildman–Crippen MR) is 63.6 cm³/mol. The molecule has 0 aliphatic rings. The third kappa shape index (κ3) is 2.53. The first-order valence-corrected chi connectivity index (χ1v) is 5.40. The number of rotatable bonds is 2. The molecule has 0 saturated carbocycles. The first-order chi connectivity index (χ1) is 6.02. The molecule has 0 spiro atoms. The van der Waals surface area contributed by atoms with Crippen molar-refractivity contribution in [3.8, 4) is 0 Å². The Labute approximate surface area is 92.7 Å². The van der Waals surface area contributed by atoms with E-state index in [1.807, 2.05) is 41.6 Å². The van der Waals surface area contributed by atoms with E-state index in [4.69, 9.17) is 0 Å². The van der Waals surface area contributed by atoms with Crippen LogP contribution in [0, 0.1) is 6.92 Å². The third-order valence-corrected chi connectivity index (χ3v) is 2.71. The molecular formula is C11H13IO. The van der Waals surface area contributed by atoms with E-state index in [-0.39, 0.29) is 3.79 Å². The fraction of sp³-hybridized carbons (Fsp3) is 0.364. The molecule has 0 amide bonds. The van der Waals surface area contributed by atoms with Gasteiger partial charge in [0.2, 0.25) is 3.79 Å². The van der Waals surface area contributed by atoms with Crippen molar-refractivity contribution in [2.75, 3.05) is 0 Å². The zero-order valence-electron chi connectivity index (χ0n) is 8.10. The average Bonchev–Trinajstić information content (AvgIpc) is 2.03. The molecule has 2 heteroatoms. The second-order valence-corrected chi connectivity index (χ2v) is 4.48. The molecule has 1 aromatic rings. The standard InChI is InChI=1S/C11H13IO/c1-7(2)9-4-5-10(11(12)13)8(3)6-9/h4-7H,1-3H3. The summed E-state index contributed by atoms with van der Waals surface area (Å²) in [6, 6.07) is 6.04. The Morgan fingerprint density at radius 2 is 2.00 bits per heavy atom. The van der Waals surface area contributed by atoms with E-state index in [9.17, 15) is 4.79 Å². The summed E-state index contributed by atoms with van der Waals surface area (Å²) in [7, 11) is 0. The van der Waals surface area contributed by atoms with Crippen molar-refractivity contribution in [1.82, 2.24) is 0 Å². The van der Waals surface area contributed by atoms with Crippen molar-refractivity contribution >= 4 is 26.4 Å². The summed E-state index contributed by atoms with van der Waals surface area (Å²) >= 11 is 1.82. The SMILES string of the molecule is Cc1cc(C(C)C)ccc1C(=O)I. The van der Waals surface area contributed by atoms with Crippen LogP contribution in [0.1, 0.15) is 41.3 Å². The van der Waals surface area contributed by atoms with Crippen LogP contribution in [0.25, 0.3) is 0 Å². The van der Waals surface area contributed by atoms with Crippen LogP contribution in [0.15, 0.2) is 18.2 Å². The summed E-state index contributed by atoms with van der Waals surface area (Å²) in [4.78, 5) is 11.1. The minimum Gasteiger partial charge on any atom is -0.282 e. The molecule has 0 unspecified atom stereocenters. The van der Waals surface area contributed by atoms with Crippen molar-refractivity contribution in [3.05, 3.63) is 34.9 Å². The van der Waals surface area contributed by atoms with Crippen molar-refractivity contribution in [3.63, 3.8) is 0 Å². The Morgan fingerprint density at radius 3 is 2.38 bits per heavy atom. The number of carbonyl (C=O) groups excluding carboxylic acids is 1. The third-order valence-electron chi connectivity index (χ3n) is 2.13. The van der Waals surface area contributed by atoms with Crippen LogP contribution in [0.4, 0.5) is 0 Å². The lowest BCUT2D eigenvalue weighted by molar-refractivity contribution is 0.110. The van der Waals surface area contributed by atoms with Gasteiger partial charge in [-0.25, -0.2) is 0 Å². The van der Waals surface area contributed by atoms with E-state index >= 15 is 0 Å². The molecule has 0 aliphatic carbocycles. The maximum atomic E-state index is 11.1. The first-order valence-electron chi connectivity index (χ1n) is 4.32. The topological polar surface area (TPSA) is 17.1 Å². The van der Waals surface area contributed by atoms with Crippen LogP contribution in [0.3, 0.4) is 0 Å². The van der Waals surface area contributed by atoms with Crippen molar-refractivity contribution < 1.29 is 4.79 Å². The number of hydrogen-bond acceptors (Lipinski definition) is 1. The molecule has 0 aromatic heterocycles. The fourth-order valence-corrected chi connectivity index (χ4v) is 1.87. The minimum atomic E-state index is 0.116. The summed E-state index contributed by atoms with van der Waals surface area (Å²) < 4.78 is 0.116. The second kappa shape index (κ2) is 4.22. The van der Waals surface area contributed by atoms with Crippen molar-refractivity contribution in [1.29, 1.82) is 0 Å². The number of hydrogen-bond donors (Lipinski definition) is 0. The van der Waals surface area contributed by atoms with Gasteiger partial charge in [0.1, 0.15) is 0 Å². The molecule has 0 fully saturated rings. The van der Waals surface area contributed by atoms with Crippen LogP contribution < -0.4 is 0 Å². The van der Waals surface area contributed by atoms with E-state index in [0.29, 0.717) is 5.92 Å². The molecule has 1 rings (SSSR count). The van der Waals surface area contributed by atoms with Gasteiger partial charge in [0.15, 0.2) is 0 Å². The summed E-state index contributed by atoms with van der Waals surface area (Å²) in [5.74, 6) is 0.525. The maximum Gasteiger partial charge on any atom is 0.222 e. The van der Waals surface area contributed by atoms with Crippen LogP contribution in [-0.4, -0.2) is 3.79 Å². The number of benzene rings is 1. The van der Waals surface area contributed by atoms with E-state index in [0.717, 1.165) is 11.1 Å². The number of carbonyl (C=O) groups is 1.